The van der Waals surface area contributed by atoms with Crippen LogP contribution in [0.15, 0.2) is 11.0 Å². The number of hydrogen-bond acceptors (Lipinski definition) is 4. The smallest absolute Gasteiger partial charge is 0.358 e. The summed E-state index contributed by atoms with van der Waals surface area (Å²) in [6.07, 6.45) is 1.93. The number of nitrogens with zero attached hydrogens (tertiary/aromatic N) is 1. The first kappa shape index (κ1) is 11.3. The Morgan fingerprint density at radius 1 is 1.64 bits per heavy atom. The number of esters is 1. The predicted molar refractivity (Wildman–Crippen MR) is 57.1 cm³/mol. The number of ether oxygens (including phenoxy) is 1. The van der Waals surface area contributed by atoms with Gasteiger partial charge < -0.3 is 4.74 Å². The molecular formula is C9H10ClNO2S. The van der Waals surface area contributed by atoms with Crippen molar-refractivity contribution in [3.05, 3.63) is 22.5 Å². The summed E-state index contributed by atoms with van der Waals surface area (Å²) in [4.78, 5) is 16.3. The molecule has 1 heterocycles. The van der Waals surface area contributed by atoms with Gasteiger partial charge in [-0.2, -0.15) is 0 Å². The van der Waals surface area contributed by atoms with Crippen molar-refractivity contribution in [1.29, 1.82) is 0 Å². The quantitative estimate of drug-likeness (QED) is 0.579. The first-order valence-corrected chi connectivity index (χ1v) is 5.50. The number of pyridine rings is 1. The lowest BCUT2D eigenvalue weighted by Crippen LogP contribution is -2.06. The zero-order valence-electron chi connectivity index (χ0n) is 8.13. The van der Waals surface area contributed by atoms with E-state index in [9.17, 15) is 4.79 Å². The van der Waals surface area contributed by atoms with Gasteiger partial charge in [0.15, 0.2) is 5.69 Å². The molecule has 3 nitrogen and oxygen atoms in total. The molecule has 0 bridgehead atoms. The molecule has 0 aromatic carbocycles. The Morgan fingerprint density at radius 3 is 2.79 bits per heavy atom. The summed E-state index contributed by atoms with van der Waals surface area (Å²) in [7, 11) is 1.30. The molecule has 0 atom stereocenters. The molecule has 76 valence electrons. The molecular weight excluding hydrogens is 222 g/mol. The van der Waals surface area contributed by atoms with Crippen molar-refractivity contribution in [3.63, 3.8) is 0 Å². The number of halogens is 1. The van der Waals surface area contributed by atoms with Gasteiger partial charge in [-0.25, -0.2) is 9.78 Å². The lowest BCUT2D eigenvalue weighted by Gasteiger charge is -2.06. The van der Waals surface area contributed by atoms with E-state index >= 15 is 0 Å². The molecule has 14 heavy (non-hydrogen) atoms. The van der Waals surface area contributed by atoms with Crippen molar-refractivity contribution in [2.45, 2.75) is 11.8 Å². The van der Waals surface area contributed by atoms with E-state index in [4.69, 9.17) is 11.6 Å². The third-order valence-corrected chi connectivity index (χ3v) is 2.86. The molecule has 1 aromatic rings. The van der Waals surface area contributed by atoms with Crippen molar-refractivity contribution in [1.82, 2.24) is 4.98 Å². The second-order valence-corrected chi connectivity index (χ2v) is 3.85. The molecule has 0 spiro atoms. The highest BCUT2D eigenvalue weighted by Crippen LogP contribution is 2.24. The van der Waals surface area contributed by atoms with Gasteiger partial charge in [-0.15, -0.1) is 11.8 Å². The van der Waals surface area contributed by atoms with Gasteiger partial charge >= 0.3 is 5.97 Å². The minimum absolute atomic E-state index is 0.171. The third kappa shape index (κ3) is 2.19. The summed E-state index contributed by atoms with van der Waals surface area (Å²) in [6.45, 7) is 1.83. The Bertz CT molecular complexity index is 368. The topological polar surface area (TPSA) is 39.2 Å². The van der Waals surface area contributed by atoms with Gasteiger partial charge in [0.25, 0.3) is 0 Å². The average molecular weight is 232 g/mol. The van der Waals surface area contributed by atoms with Crippen LogP contribution in [0.25, 0.3) is 0 Å². The summed E-state index contributed by atoms with van der Waals surface area (Å²) in [5.74, 6) is -0.509. The van der Waals surface area contributed by atoms with E-state index in [0.717, 1.165) is 10.6 Å². The molecule has 1 aromatic heterocycles. The molecule has 0 saturated carbocycles. The minimum atomic E-state index is -0.509. The first-order valence-electron chi connectivity index (χ1n) is 3.89. The molecule has 1 rings (SSSR count). The van der Waals surface area contributed by atoms with E-state index in [0.29, 0.717) is 5.02 Å². The number of aromatic nitrogens is 1. The Morgan fingerprint density at radius 2 is 2.29 bits per heavy atom. The zero-order valence-corrected chi connectivity index (χ0v) is 9.70. The van der Waals surface area contributed by atoms with Gasteiger partial charge in [-0.3, -0.25) is 0 Å². The molecule has 5 heteroatoms. The van der Waals surface area contributed by atoms with E-state index in [2.05, 4.69) is 9.72 Å². The van der Waals surface area contributed by atoms with Gasteiger partial charge in [0.1, 0.15) is 0 Å². The van der Waals surface area contributed by atoms with E-state index in [1.165, 1.54) is 18.9 Å². The Balaban J connectivity index is 3.21. The summed E-state index contributed by atoms with van der Waals surface area (Å²) >= 11 is 7.42. The molecule has 0 unspecified atom stereocenters. The highest BCUT2D eigenvalue weighted by atomic mass is 35.5. The average Bonchev–Trinajstić information content (AvgIpc) is 2.19. The number of thioether (sulfide) groups is 1. The van der Waals surface area contributed by atoms with E-state index in [-0.39, 0.29) is 5.69 Å². The number of carbonyl (C=O) groups excluding carboxylic acids is 1. The predicted octanol–water partition coefficient (Wildman–Crippen LogP) is 2.55. The Kier molecular flexibility index (Phi) is 3.77. The summed E-state index contributed by atoms with van der Waals surface area (Å²) in [6, 6.07) is 1.72. The van der Waals surface area contributed by atoms with Crippen LogP contribution >= 0.6 is 23.4 Å². The van der Waals surface area contributed by atoms with Gasteiger partial charge in [0, 0.05) is 4.90 Å². The first-order chi connectivity index (χ1) is 6.60. The van der Waals surface area contributed by atoms with Crippen LogP contribution in [-0.2, 0) is 4.74 Å². The Hall–Kier alpha value is -0.740. The van der Waals surface area contributed by atoms with Crippen molar-refractivity contribution >= 4 is 29.3 Å². The minimum Gasteiger partial charge on any atom is -0.464 e. The standard InChI is InChI=1S/C9H10ClNO2S/c1-5-7(14-3)4-6(10)8(11-5)9(12)13-2/h4H,1-3H3. The summed E-state index contributed by atoms with van der Waals surface area (Å²) in [5.41, 5.74) is 0.951. The normalized spacial score (nSPS) is 10.0. The number of rotatable bonds is 2. The van der Waals surface area contributed by atoms with Gasteiger partial charge in [-0.05, 0) is 19.2 Å². The molecule has 0 aliphatic carbocycles. The van der Waals surface area contributed by atoms with Crippen LogP contribution in [0, 0.1) is 6.92 Å². The number of hydrogen-bond donors (Lipinski definition) is 0. The second kappa shape index (κ2) is 4.66. The van der Waals surface area contributed by atoms with Crippen molar-refractivity contribution in [2.24, 2.45) is 0 Å². The van der Waals surface area contributed by atoms with Crippen molar-refractivity contribution in [2.75, 3.05) is 13.4 Å². The van der Waals surface area contributed by atoms with Crippen LogP contribution < -0.4 is 0 Å². The maximum atomic E-state index is 11.2. The second-order valence-electron chi connectivity index (χ2n) is 2.60. The monoisotopic (exact) mass is 231 g/mol. The molecule has 0 N–H and O–H groups in total. The van der Waals surface area contributed by atoms with Crippen LogP contribution in [0.5, 0.6) is 0 Å². The van der Waals surface area contributed by atoms with Crippen molar-refractivity contribution in [3.8, 4) is 0 Å². The fourth-order valence-corrected chi connectivity index (χ4v) is 1.88. The fraction of sp³-hybridized carbons (Fsp3) is 0.333. The Labute approximate surface area is 91.8 Å². The van der Waals surface area contributed by atoms with Gasteiger partial charge in [-0.1, -0.05) is 11.6 Å². The lowest BCUT2D eigenvalue weighted by atomic mass is 10.3. The van der Waals surface area contributed by atoms with E-state index in [1.54, 1.807) is 6.07 Å². The summed E-state index contributed by atoms with van der Waals surface area (Å²) in [5, 5.41) is 0.326. The SMILES string of the molecule is COC(=O)c1nc(C)c(SC)cc1Cl. The molecule has 0 fully saturated rings. The molecule has 0 aliphatic rings. The largest absolute Gasteiger partial charge is 0.464 e. The molecule has 0 amide bonds. The van der Waals surface area contributed by atoms with E-state index < -0.39 is 5.97 Å². The van der Waals surface area contributed by atoms with Crippen LogP contribution in [-0.4, -0.2) is 24.3 Å². The van der Waals surface area contributed by atoms with Gasteiger partial charge in [0.05, 0.1) is 17.8 Å². The number of aryl methyl sites for hydroxylation is 1. The van der Waals surface area contributed by atoms with Crippen LogP contribution in [0.4, 0.5) is 0 Å². The zero-order chi connectivity index (χ0) is 10.7. The maximum absolute atomic E-state index is 11.2. The van der Waals surface area contributed by atoms with Crippen LogP contribution in [0.2, 0.25) is 5.02 Å². The third-order valence-electron chi connectivity index (χ3n) is 1.72. The molecule has 0 aliphatic heterocycles. The highest BCUT2D eigenvalue weighted by molar-refractivity contribution is 7.98. The maximum Gasteiger partial charge on any atom is 0.358 e. The van der Waals surface area contributed by atoms with Crippen LogP contribution in [0.1, 0.15) is 16.2 Å². The number of carbonyl (C=O) groups is 1. The van der Waals surface area contributed by atoms with Gasteiger partial charge in [0.2, 0.25) is 0 Å². The lowest BCUT2D eigenvalue weighted by molar-refractivity contribution is 0.0594. The molecule has 0 saturated heterocycles. The van der Waals surface area contributed by atoms with E-state index in [1.807, 2.05) is 13.2 Å². The number of methoxy groups -OCH3 is 1. The summed E-state index contributed by atoms with van der Waals surface area (Å²) < 4.78 is 4.55. The fourth-order valence-electron chi connectivity index (χ4n) is 1.01. The highest BCUT2D eigenvalue weighted by Gasteiger charge is 2.14. The molecule has 0 radical (unpaired) electrons. The van der Waals surface area contributed by atoms with Crippen LogP contribution in [0.3, 0.4) is 0 Å². The van der Waals surface area contributed by atoms with Crippen molar-refractivity contribution < 1.29 is 9.53 Å².